The number of hydrogen-bond acceptors (Lipinski definition) is 6. The van der Waals surface area contributed by atoms with Gasteiger partial charge in [-0.3, -0.25) is 0 Å². The summed E-state index contributed by atoms with van der Waals surface area (Å²) < 4.78 is 12.8. The van der Waals surface area contributed by atoms with E-state index in [9.17, 15) is 0 Å². The number of rotatable bonds is 4. The van der Waals surface area contributed by atoms with Gasteiger partial charge < -0.3 is 13.4 Å². The lowest BCUT2D eigenvalue weighted by Gasteiger charge is -1.95. The smallest absolute Gasteiger partial charge is 0.229 e. The second-order valence-electron chi connectivity index (χ2n) is 6.36. The van der Waals surface area contributed by atoms with Crippen LogP contribution in [0.5, 0.6) is 0 Å². The van der Waals surface area contributed by atoms with E-state index < -0.39 is 0 Å². The Morgan fingerprint density at radius 1 is 1.21 bits per heavy atom. The average Bonchev–Trinajstić information content (AvgIpc) is 3.43. The van der Waals surface area contributed by atoms with Gasteiger partial charge in [0.15, 0.2) is 12.0 Å². The van der Waals surface area contributed by atoms with Crippen LogP contribution < -0.4 is 0 Å². The second kappa shape index (κ2) is 6.31. The number of aryl methyl sites for hydroxylation is 1. The molecule has 4 heterocycles. The van der Waals surface area contributed by atoms with Crippen molar-refractivity contribution in [1.29, 1.82) is 0 Å². The maximum absolute atomic E-state index is 5.71. The molecule has 0 saturated heterocycles. The molecule has 0 saturated carbocycles. The summed E-state index contributed by atoms with van der Waals surface area (Å²) in [5.74, 6) is 1.19. The molecule has 0 fully saturated rings. The average molecular weight is 369 g/mol. The van der Waals surface area contributed by atoms with Crippen molar-refractivity contribution in [2.45, 2.75) is 0 Å². The molecule has 5 rings (SSSR count). The Hall–Kier alpha value is -4.00. The van der Waals surface area contributed by atoms with Gasteiger partial charge in [-0.25, -0.2) is 19.9 Å². The maximum Gasteiger partial charge on any atom is 0.229 e. The van der Waals surface area contributed by atoms with Crippen LogP contribution in [0, 0.1) is 0 Å². The van der Waals surface area contributed by atoms with E-state index in [4.69, 9.17) is 8.83 Å². The first-order valence-corrected chi connectivity index (χ1v) is 8.62. The van der Waals surface area contributed by atoms with E-state index >= 15 is 0 Å². The number of aliphatic imine (C=N–C) groups is 1. The van der Waals surface area contributed by atoms with Crippen molar-refractivity contribution in [3.05, 3.63) is 67.5 Å². The van der Waals surface area contributed by atoms with Crippen molar-refractivity contribution < 1.29 is 8.83 Å². The molecule has 0 bridgehead atoms. The van der Waals surface area contributed by atoms with Crippen LogP contribution in [0.4, 0.5) is 5.95 Å². The molecular formula is C21H15N5O2. The first-order chi connectivity index (χ1) is 13.7. The van der Waals surface area contributed by atoms with Crippen LogP contribution in [0.1, 0.15) is 5.76 Å². The van der Waals surface area contributed by atoms with Crippen LogP contribution in [0.2, 0.25) is 0 Å². The molecule has 0 aliphatic rings. The molecule has 5 aromatic rings. The van der Waals surface area contributed by atoms with Crippen LogP contribution in [0.15, 0.2) is 75.6 Å². The van der Waals surface area contributed by atoms with Gasteiger partial charge in [-0.2, -0.15) is 0 Å². The lowest BCUT2D eigenvalue weighted by Crippen LogP contribution is -1.85. The van der Waals surface area contributed by atoms with E-state index in [0.29, 0.717) is 23.0 Å². The molecule has 0 radical (unpaired) electrons. The summed E-state index contributed by atoms with van der Waals surface area (Å²) in [6, 6.07) is 11.5. The van der Waals surface area contributed by atoms with Gasteiger partial charge in [0, 0.05) is 42.2 Å². The van der Waals surface area contributed by atoms with Gasteiger partial charge in [-0.05, 0) is 36.4 Å². The van der Waals surface area contributed by atoms with Gasteiger partial charge >= 0.3 is 0 Å². The summed E-state index contributed by atoms with van der Waals surface area (Å²) in [6.07, 6.45) is 6.69. The first kappa shape index (κ1) is 16.2. The van der Waals surface area contributed by atoms with Crippen LogP contribution >= 0.6 is 0 Å². The quantitative estimate of drug-likeness (QED) is 0.426. The standard InChI is InChI=1S/C21H15N5O2/c1-13(19-9-15-4-3-7-22-20(15)28-19)10-23-21-25-17(11-26(21)2)14-5-6-18-16(8-14)24-12-27-18/h3-12H,1H2,2H3/b23-10-. The fourth-order valence-electron chi connectivity index (χ4n) is 2.96. The summed E-state index contributed by atoms with van der Waals surface area (Å²) in [7, 11) is 1.89. The number of nitrogens with zero attached hydrogens (tertiary/aromatic N) is 5. The molecule has 1 aromatic carbocycles. The Balaban J connectivity index is 1.42. The van der Waals surface area contributed by atoms with Crippen molar-refractivity contribution >= 4 is 39.9 Å². The predicted octanol–water partition coefficient (Wildman–Crippen LogP) is 4.79. The number of hydrogen-bond donors (Lipinski definition) is 0. The number of fused-ring (bicyclic) bond motifs is 2. The lowest BCUT2D eigenvalue weighted by atomic mass is 10.1. The molecule has 7 nitrogen and oxygen atoms in total. The topological polar surface area (TPSA) is 82.2 Å². The zero-order valence-electron chi connectivity index (χ0n) is 15.0. The largest absolute Gasteiger partial charge is 0.443 e. The predicted molar refractivity (Wildman–Crippen MR) is 107 cm³/mol. The number of aromatic nitrogens is 4. The zero-order chi connectivity index (χ0) is 19.1. The highest BCUT2D eigenvalue weighted by Crippen LogP contribution is 2.26. The Bertz CT molecular complexity index is 1320. The third-order valence-corrected chi connectivity index (χ3v) is 4.42. The van der Waals surface area contributed by atoms with Gasteiger partial charge in [0.05, 0.1) is 5.69 Å². The minimum absolute atomic E-state index is 0.561. The summed E-state index contributed by atoms with van der Waals surface area (Å²) in [5.41, 5.74) is 4.51. The number of furan rings is 1. The van der Waals surface area contributed by atoms with Crippen molar-refractivity contribution in [2.24, 2.45) is 12.0 Å². The highest BCUT2D eigenvalue weighted by atomic mass is 16.3. The van der Waals surface area contributed by atoms with E-state index in [2.05, 4.69) is 26.5 Å². The van der Waals surface area contributed by atoms with Gasteiger partial charge in [0.1, 0.15) is 11.3 Å². The molecule has 0 atom stereocenters. The van der Waals surface area contributed by atoms with E-state index in [1.807, 2.05) is 54.2 Å². The molecule has 0 amide bonds. The number of allylic oxidation sites excluding steroid dienone is 1. The molecule has 28 heavy (non-hydrogen) atoms. The molecule has 0 aliphatic heterocycles. The molecule has 7 heteroatoms. The van der Waals surface area contributed by atoms with E-state index in [1.165, 1.54) is 6.39 Å². The number of imidazole rings is 1. The second-order valence-corrected chi connectivity index (χ2v) is 6.36. The van der Waals surface area contributed by atoms with Crippen molar-refractivity contribution in [3.63, 3.8) is 0 Å². The first-order valence-electron chi connectivity index (χ1n) is 8.62. The normalized spacial score (nSPS) is 11.8. The number of benzene rings is 1. The Morgan fingerprint density at radius 2 is 2.14 bits per heavy atom. The highest BCUT2D eigenvalue weighted by Gasteiger charge is 2.10. The summed E-state index contributed by atoms with van der Waals surface area (Å²) in [5, 5.41) is 0.926. The van der Waals surface area contributed by atoms with Gasteiger partial charge in [0.2, 0.25) is 11.7 Å². The van der Waals surface area contributed by atoms with E-state index in [-0.39, 0.29) is 0 Å². The van der Waals surface area contributed by atoms with Crippen LogP contribution in [-0.2, 0) is 7.05 Å². The highest BCUT2D eigenvalue weighted by molar-refractivity contribution is 6.09. The van der Waals surface area contributed by atoms with Gasteiger partial charge in [-0.15, -0.1) is 0 Å². The van der Waals surface area contributed by atoms with Crippen molar-refractivity contribution in [3.8, 4) is 11.3 Å². The molecule has 0 N–H and O–H groups in total. The summed E-state index contributed by atoms with van der Waals surface area (Å²) in [4.78, 5) is 17.4. The molecule has 136 valence electrons. The molecule has 4 aromatic heterocycles. The van der Waals surface area contributed by atoms with Crippen LogP contribution in [-0.4, -0.2) is 25.7 Å². The van der Waals surface area contributed by atoms with Crippen LogP contribution in [0.25, 0.3) is 39.0 Å². The van der Waals surface area contributed by atoms with Crippen LogP contribution in [0.3, 0.4) is 0 Å². The molecule has 0 spiro atoms. The van der Waals surface area contributed by atoms with E-state index in [1.54, 1.807) is 12.4 Å². The van der Waals surface area contributed by atoms with E-state index in [0.717, 1.165) is 27.7 Å². The lowest BCUT2D eigenvalue weighted by molar-refractivity contribution is 0.590. The Kier molecular flexibility index (Phi) is 3.65. The molecule has 0 aliphatic carbocycles. The zero-order valence-corrected chi connectivity index (χ0v) is 15.0. The fourth-order valence-corrected chi connectivity index (χ4v) is 2.96. The summed E-state index contributed by atoms with van der Waals surface area (Å²) in [6.45, 7) is 4.03. The Morgan fingerprint density at radius 3 is 3.04 bits per heavy atom. The fraction of sp³-hybridized carbons (Fsp3) is 0.0476. The molecule has 0 unspecified atom stereocenters. The summed E-state index contributed by atoms with van der Waals surface area (Å²) >= 11 is 0. The van der Waals surface area contributed by atoms with Gasteiger partial charge in [-0.1, -0.05) is 6.58 Å². The maximum atomic E-state index is 5.71. The van der Waals surface area contributed by atoms with Gasteiger partial charge in [0.25, 0.3) is 0 Å². The monoisotopic (exact) mass is 369 g/mol. The molecular weight excluding hydrogens is 354 g/mol. The third kappa shape index (κ3) is 2.79. The van der Waals surface area contributed by atoms with Crippen molar-refractivity contribution in [1.82, 2.24) is 19.5 Å². The minimum atomic E-state index is 0.561. The number of oxazole rings is 1. The SMILES string of the molecule is C=C(/C=N\c1nc(-c2ccc3ocnc3c2)cn1C)c1cc2cccnc2o1. The minimum Gasteiger partial charge on any atom is -0.443 e. The third-order valence-electron chi connectivity index (χ3n) is 4.42. The Labute approximate surface area is 159 Å². The van der Waals surface area contributed by atoms with Crippen molar-refractivity contribution in [2.75, 3.05) is 0 Å². The number of pyridine rings is 1.